The molecule has 5 nitrogen and oxygen atoms in total. The number of nitrogens with one attached hydrogen (secondary N) is 1. The van der Waals surface area contributed by atoms with Gasteiger partial charge in [-0.05, 0) is 38.9 Å². The summed E-state index contributed by atoms with van der Waals surface area (Å²) in [6, 6.07) is 4.47. The molecule has 108 valence electrons. The van der Waals surface area contributed by atoms with Gasteiger partial charge in [-0.2, -0.15) is 5.10 Å². The minimum atomic E-state index is 0.138. The minimum Gasteiger partial charge on any atom is -0.493 e. The molecule has 2 aromatic heterocycles. The molecule has 20 heavy (non-hydrogen) atoms. The SMILES string of the molecule is CNC(Cc1cccnc1)c1c(OC)cnn1C(C)C. The molecule has 1 unspecified atom stereocenters. The quantitative estimate of drug-likeness (QED) is 0.878. The van der Waals surface area contributed by atoms with Gasteiger partial charge in [-0.1, -0.05) is 6.07 Å². The van der Waals surface area contributed by atoms with Crippen molar-refractivity contribution < 1.29 is 4.74 Å². The van der Waals surface area contributed by atoms with Crippen molar-refractivity contribution in [2.45, 2.75) is 32.4 Å². The monoisotopic (exact) mass is 274 g/mol. The van der Waals surface area contributed by atoms with Crippen LogP contribution in [0.2, 0.25) is 0 Å². The van der Waals surface area contributed by atoms with Crippen LogP contribution in [-0.2, 0) is 6.42 Å². The summed E-state index contributed by atoms with van der Waals surface area (Å²) in [6.07, 6.45) is 6.31. The second-order valence-corrected chi connectivity index (χ2v) is 5.04. The van der Waals surface area contributed by atoms with Crippen molar-refractivity contribution in [1.29, 1.82) is 0 Å². The van der Waals surface area contributed by atoms with E-state index in [9.17, 15) is 0 Å². The maximum Gasteiger partial charge on any atom is 0.161 e. The van der Waals surface area contributed by atoms with Gasteiger partial charge in [-0.3, -0.25) is 9.67 Å². The second kappa shape index (κ2) is 6.52. The molecular weight excluding hydrogens is 252 g/mol. The van der Waals surface area contributed by atoms with Gasteiger partial charge in [0.2, 0.25) is 0 Å². The van der Waals surface area contributed by atoms with Gasteiger partial charge >= 0.3 is 0 Å². The molecule has 0 aliphatic heterocycles. The van der Waals surface area contributed by atoms with E-state index in [1.165, 1.54) is 5.56 Å². The highest BCUT2D eigenvalue weighted by atomic mass is 16.5. The number of nitrogens with zero attached hydrogens (tertiary/aromatic N) is 3. The molecular formula is C15H22N4O. The Hall–Kier alpha value is -1.88. The van der Waals surface area contributed by atoms with Crippen LogP contribution in [-0.4, -0.2) is 28.9 Å². The maximum absolute atomic E-state index is 5.46. The topological polar surface area (TPSA) is 52.0 Å². The largest absolute Gasteiger partial charge is 0.493 e. The fourth-order valence-electron chi connectivity index (χ4n) is 2.35. The molecule has 0 saturated carbocycles. The first-order valence-electron chi connectivity index (χ1n) is 6.85. The van der Waals surface area contributed by atoms with Crippen molar-refractivity contribution in [3.05, 3.63) is 42.0 Å². The molecule has 2 heterocycles. The van der Waals surface area contributed by atoms with E-state index in [0.717, 1.165) is 17.9 Å². The second-order valence-electron chi connectivity index (χ2n) is 5.04. The fourth-order valence-corrected chi connectivity index (χ4v) is 2.35. The molecule has 0 radical (unpaired) electrons. The fraction of sp³-hybridized carbons (Fsp3) is 0.467. The molecule has 0 amide bonds. The molecule has 0 aromatic carbocycles. The summed E-state index contributed by atoms with van der Waals surface area (Å²) in [5.74, 6) is 0.821. The van der Waals surface area contributed by atoms with E-state index >= 15 is 0 Å². The summed E-state index contributed by atoms with van der Waals surface area (Å²) in [5, 5.41) is 7.79. The Kier molecular flexibility index (Phi) is 4.74. The number of ether oxygens (including phenoxy) is 1. The molecule has 1 N–H and O–H groups in total. The lowest BCUT2D eigenvalue weighted by Crippen LogP contribution is -2.24. The molecule has 0 spiro atoms. The zero-order valence-corrected chi connectivity index (χ0v) is 12.5. The Bertz CT molecular complexity index is 536. The van der Waals surface area contributed by atoms with E-state index in [0.29, 0.717) is 6.04 Å². The third-order valence-corrected chi connectivity index (χ3v) is 3.35. The molecule has 0 aliphatic carbocycles. The van der Waals surface area contributed by atoms with Crippen molar-refractivity contribution >= 4 is 0 Å². The smallest absolute Gasteiger partial charge is 0.161 e. The van der Waals surface area contributed by atoms with Crippen LogP contribution in [0.15, 0.2) is 30.7 Å². The van der Waals surface area contributed by atoms with E-state index in [-0.39, 0.29) is 6.04 Å². The number of likely N-dealkylation sites (N-methyl/N-ethyl adjacent to an activating group) is 1. The summed E-state index contributed by atoms with van der Waals surface area (Å²) < 4.78 is 7.47. The molecule has 0 aliphatic rings. The molecule has 1 atom stereocenters. The molecule has 2 aromatic rings. The third-order valence-electron chi connectivity index (χ3n) is 3.35. The standard InChI is InChI=1S/C15H22N4O/c1-11(2)19-15(14(20-4)10-18-19)13(16-3)8-12-6-5-7-17-9-12/h5-7,9-11,13,16H,8H2,1-4H3. The van der Waals surface area contributed by atoms with Gasteiger partial charge in [-0.15, -0.1) is 0 Å². The van der Waals surface area contributed by atoms with Crippen LogP contribution >= 0.6 is 0 Å². The highest BCUT2D eigenvalue weighted by Gasteiger charge is 2.22. The predicted octanol–water partition coefficient (Wildman–Crippen LogP) is 2.37. The van der Waals surface area contributed by atoms with Crippen LogP contribution in [0.25, 0.3) is 0 Å². The average Bonchev–Trinajstić information content (AvgIpc) is 2.89. The highest BCUT2D eigenvalue weighted by molar-refractivity contribution is 5.30. The minimum absolute atomic E-state index is 0.138. The van der Waals surface area contributed by atoms with E-state index in [1.54, 1.807) is 19.5 Å². The summed E-state index contributed by atoms with van der Waals surface area (Å²) in [5.41, 5.74) is 2.26. The number of aromatic nitrogens is 3. The summed E-state index contributed by atoms with van der Waals surface area (Å²) in [4.78, 5) is 4.17. The first-order valence-corrected chi connectivity index (χ1v) is 6.85. The molecule has 2 rings (SSSR count). The van der Waals surface area contributed by atoms with Crippen LogP contribution in [0.3, 0.4) is 0 Å². The lowest BCUT2D eigenvalue weighted by atomic mass is 10.0. The number of hydrogen-bond donors (Lipinski definition) is 1. The van der Waals surface area contributed by atoms with Crippen molar-refractivity contribution in [1.82, 2.24) is 20.1 Å². The first-order chi connectivity index (χ1) is 9.67. The van der Waals surface area contributed by atoms with E-state index < -0.39 is 0 Å². The normalized spacial score (nSPS) is 12.7. The first kappa shape index (κ1) is 14.5. The Labute approximate surface area is 120 Å². The number of pyridine rings is 1. The molecule has 0 saturated heterocycles. The average molecular weight is 274 g/mol. The Morgan fingerprint density at radius 1 is 1.35 bits per heavy atom. The number of hydrogen-bond acceptors (Lipinski definition) is 4. The zero-order chi connectivity index (χ0) is 14.5. The van der Waals surface area contributed by atoms with Gasteiger partial charge in [0.05, 0.1) is 25.0 Å². The van der Waals surface area contributed by atoms with Gasteiger partial charge in [0.1, 0.15) is 0 Å². The van der Waals surface area contributed by atoms with Gasteiger partial charge in [-0.25, -0.2) is 0 Å². The van der Waals surface area contributed by atoms with Gasteiger partial charge in [0, 0.05) is 18.4 Å². The van der Waals surface area contributed by atoms with Crippen molar-refractivity contribution in [3.8, 4) is 5.75 Å². The van der Waals surface area contributed by atoms with Crippen LogP contribution in [0, 0.1) is 0 Å². The zero-order valence-electron chi connectivity index (χ0n) is 12.5. The summed E-state index contributed by atoms with van der Waals surface area (Å²) >= 11 is 0. The lowest BCUT2D eigenvalue weighted by Gasteiger charge is -2.21. The molecule has 5 heteroatoms. The molecule has 0 bridgehead atoms. The van der Waals surface area contributed by atoms with Crippen molar-refractivity contribution in [2.75, 3.05) is 14.2 Å². The summed E-state index contributed by atoms with van der Waals surface area (Å²) in [7, 11) is 3.64. The number of rotatable bonds is 6. The Morgan fingerprint density at radius 3 is 2.70 bits per heavy atom. The lowest BCUT2D eigenvalue weighted by molar-refractivity contribution is 0.388. The molecule has 0 fully saturated rings. The van der Waals surface area contributed by atoms with Crippen molar-refractivity contribution in [2.24, 2.45) is 0 Å². The van der Waals surface area contributed by atoms with Crippen LogP contribution in [0.5, 0.6) is 5.75 Å². The highest BCUT2D eigenvalue weighted by Crippen LogP contribution is 2.29. The summed E-state index contributed by atoms with van der Waals surface area (Å²) in [6.45, 7) is 4.24. The number of methoxy groups -OCH3 is 1. The van der Waals surface area contributed by atoms with Gasteiger partial charge in [0.25, 0.3) is 0 Å². The van der Waals surface area contributed by atoms with Crippen molar-refractivity contribution in [3.63, 3.8) is 0 Å². The van der Waals surface area contributed by atoms with E-state index in [4.69, 9.17) is 4.74 Å². The maximum atomic E-state index is 5.46. The van der Waals surface area contributed by atoms with Crippen LogP contribution in [0.4, 0.5) is 0 Å². The van der Waals surface area contributed by atoms with E-state index in [2.05, 4.69) is 35.3 Å². The predicted molar refractivity (Wildman–Crippen MR) is 78.9 cm³/mol. The Morgan fingerprint density at radius 2 is 2.15 bits per heavy atom. The van der Waals surface area contributed by atoms with Crippen LogP contribution < -0.4 is 10.1 Å². The van der Waals surface area contributed by atoms with Gasteiger partial charge < -0.3 is 10.1 Å². The van der Waals surface area contributed by atoms with Crippen LogP contribution in [0.1, 0.15) is 37.2 Å². The van der Waals surface area contributed by atoms with E-state index in [1.807, 2.05) is 24.0 Å². The Balaban J connectivity index is 2.33. The third kappa shape index (κ3) is 2.99. The van der Waals surface area contributed by atoms with Gasteiger partial charge in [0.15, 0.2) is 5.75 Å².